The van der Waals surface area contributed by atoms with Gasteiger partial charge in [-0.05, 0) is 49.0 Å². The van der Waals surface area contributed by atoms with E-state index in [0.717, 1.165) is 31.5 Å². The maximum Gasteiger partial charge on any atom is 0.273 e. The fourth-order valence-electron chi connectivity index (χ4n) is 3.55. The van der Waals surface area contributed by atoms with Crippen molar-refractivity contribution in [1.29, 1.82) is 0 Å². The molecule has 9 heteroatoms. The second-order valence-electron chi connectivity index (χ2n) is 7.87. The minimum atomic E-state index is -0.707. The highest BCUT2D eigenvalue weighted by Gasteiger charge is 2.27. The highest BCUT2D eigenvalue weighted by Crippen LogP contribution is 2.25. The van der Waals surface area contributed by atoms with Crippen LogP contribution in [0.1, 0.15) is 55.1 Å². The van der Waals surface area contributed by atoms with E-state index in [-0.39, 0.29) is 23.5 Å². The van der Waals surface area contributed by atoms with Crippen molar-refractivity contribution in [3.63, 3.8) is 0 Å². The summed E-state index contributed by atoms with van der Waals surface area (Å²) in [6, 6.07) is 7.93. The molecule has 3 rings (SSSR count). The third-order valence-corrected chi connectivity index (χ3v) is 5.33. The lowest BCUT2D eigenvalue weighted by atomic mass is 10.0. The number of rotatable bonds is 8. The van der Waals surface area contributed by atoms with Gasteiger partial charge in [-0.2, -0.15) is 4.98 Å². The Balaban J connectivity index is 1.86. The van der Waals surface area contributed by atoms with Crippen LogP contribution in [0.15, 0.2) is 36.9 Å². The van der Waals surface area contributed by atoms with Gasteiger partial charge in [0.1, 0.15) is 0 Å². The number of carbonyl (C=O) groups excluding carboxylic acids is 2. The first-order valence-corrected chi connectivity index (χ1v) is 10.5. The van der Waals surface area contributed by atoms with Crippen LogP contribution in [-0.4, -0.2) is 46.1 Å². The van der Waals surface area contributed by atoms with Crippen molar-refractivity contribution in [2.24, 2.45) is 5.73 Å². The molecule has 0 aliphatic carbocycles. The normalized spacial score (nSPS) is 16.1. The van der Waals surface area contributed by atoms with E-state index in [4.69, 9.17) is 5.73 Å². The summed E-state index contributed by atoms with van der Waals surface area (Å²) in [5.74, 6) is 0.139. The van der Waals surface area contributed by atoms with Crippen molar-refractivity contribution in [1.82, 2.24) is 20.5 Å². The van der Waals surface area contributed by atoms with Crippen LogP contribution in [0.4, 0.5) is 17.5 Å². The number of nitrogens with zero attached hydrogens (tertiary/aromatic N) is 4. The van der Waals surface area contributed by atoms with Crippen LogP contribution in [0.25, 0.3) is 0 Å². The lowest BCUT2D eigenvalue weighted by molar-refractivity contribution is -0.116. The fourth-order valence-corrected chi connectivity index (χ4v) is 3.55. The zero-order valence-corrected chi connectivity index (χ0v) is 18.0. The minimum absolute atomic E-state index is 0.0230. The molecule has 1 saturated heterocycles. The molecule has 9 nitrogen and oxygen atoms in total. The molecule has 0 bridgehead atoms. The molecule has 31 heavy (non-hydrogen) atoms. The quantitative estimate of drug-likeness (QED) is 0.557. The van der Waals surface area contributed by atoms with Crippen LogP contribution in [-0.2, 0) is 4.79 Å². The molecule has 2 amide bonds. The van der Waals surface area contributed by atoms with Gasteiger partial charge in [0.05, 0.1) is 0 Å². The van der Waals surface area contributed by atoms with Crippen molar-refractivity contribution < 1.29 is 9.59 Å². The largest absolute Gasteiger partial charge is 0.364 e. The highest BCUT2D eigenvalue weighted by molar-refractivity contribution is 5.96. The molecule has 164 valence electrons. The van der Waals surface area contributed by atoms with E-state index in [1.165, 1.54) is 11.6 Å². The molecular formula is C22H29N7O2. The molecule has 2 heterocycles. The number of hydrogen-bond acceptors (Lipinski definition) is 7. The molecule has 0 unspecified atom stereocenters. The molecular weight excluding hydrogens is 394 g/mol. The van der Waals surface area contributed by atoms with Crippen molar-refractivity contribution in [2.45, 2.75) is 45.1 Å². The van der Waals surface area contributed by atoms with Gasteiger partial charge in [0.2, 0.25) is 11.9 Å². The van der Waals surface area contributed by atoms with Crippen LogP contribution in [0.5, 0.6) is 0 Å². The number of anilines is 3. The van der Waals surface area contributed by atoms with E-state index in [2.05, 4.69) is 46.2 Å². The number of hydrogen-bond donors (Lipinski definition) is 3. The minimum Gasteiger partial charge on any atom is -0.364 e. The average molecular weight is 424 g/mol. The van der Waals surface area contributed by atoms with Gasteiger partial charge in [-0.1, -0.05) is 32.6 Å². The van der Waals surface area contributed by atoms with Crippen LogP contribution in [0.2, 0.25) is 0 Å². The summed E-state index contributed by atoms with van der Waals surface area (Å²) in [6.45, 7) is 8.91. The number of amides is 2. The Morgan fingerprint density at radius 2 is 2.00 bits per heavy atom. The van der Waals surface area contributed by atoms with E-state index >= 15 is 0 Å². The van der Waals surface area contributed by atoms with Gasteiger partial charge in [-0.15, -0.1) is 10.2 Å². The summed E-state index contributed by atoms with van der Waals surface area (Å²) in [5, 5.41) is 14.2. The number of primary amides is 1. The Bertz CT molecular complexity index is 943. The molecule has 0 spiro atoms. The third kappa shape index (κ3) is 5.56. The third-order valence-electron chi connectivity index (χ3n) is 5.33. The Hall–Kier alpha value is -3.49. The van der Waals surface area contributed by atoms with Crippen LogP contribution in [0, 0.1) is 0 Å². The van der Waals surface area contributed by atoms with Crippen molar-refractivity contribution >= 4 is 29.3 Å². The number of nitrogens with one attached hydrogen (secondary N) is 2. The number of piperidine rings is 1. The molecule has 1 aromatic carbocycles. The monoisotopic (exact) mass is 423 g/mol. The number of benzene rings is 1. The maximum absolute atomic E-state index is 11.9. The molecule has 1 fully saturated rings. The summed E-state index contributed by atoms with van der Waals surface area (Å²) < 4.78 is 0. The molecule has 1 aliphatic heterocycles. The zero-order chi connectivity index (χ0) is 22.4. The second kappa shape index (κ2) is 10.0. The summed E-state index contributed by atoms with van der Waals surface area (Å²) in [5.41, 5.74) is 7.45. The maximum atomic E-state index is 11.9. The first-order chi connectivity index (χ1) is 14.9. The SMILES string of the molecule is C=CC(=O)NC[C@H]1CCCCN1c1nnc(C(N)=O)c(Nc2ccc(C(C)C)cc2)n1. The molecule has 1 atom stereocenters. The van der Waals surface area contributed by atoms with Gasteiger partial charge >= 0.3 is 0 Å². The van der Waals surface area contributed by atoms with E-state index in [9.17, 15) is 9.59 Å². The first-order valence-electron chi connectivity index (χ1n) is 10.5. The lowest BCUT2D eigenvalue weighted by Crippen LogP contribution is -2.47. The number of nitrogens with two attached hydrogens (primary N) is 1. The lowest BCUT2D eigenvalue weighted by Gasteiger charge is -2.35. The predicted octanol–water partition coefficient (Wildman–Crippen LogP) is 2.50. The molecule has 1 aromatic heterocycles. The average Bonchev–Trinajstić information content (AvgIpc) is 2.77. The van der Waals surface area contributed by atoms with E-state index in [1.54, 1.807) is 0 Å². The Morgan fingerprint density at radius 3 is 2.65 bits per heavy atom. The molecule has 4 N–H and O–H groups in total. The van der Waals surface area contributed by atoms with Gasteiger partial charge in [-0.25, -0.2) is 0 Å². The topological polar surface area (TPSA) is 126 Å². The standard InChI is InChI=1S/C22H29N7O2/c1-4-18(30)24-13-17-7-5-6-12-29(17)22-26-21(19(20(23)31)27-28-22)25-16-10-8-15(9-11-16)14(2)3/h4,8-11,14,17H,1,5-7,12-13H2,2-3H3,(H2,23,31)(H,24,30)(H,25,26,28)/t17-/m1/s1. The second-order valence-corrected chi connectivity index (χ2v) is 7.87. The molecule has 0 radical (unpaired) electrons. The summed E-state index contributed by atoms with van der Waals surface area (Å²) in [6.07, 6.45) is 4.16. The van der Waals surface area contributed by atoms with Gasteiger partial charge in [0.15, 0.2) is 11.5 Å². The predicted molar refractivity (Wildman–Crippen MR) is 120 cm³/mol. The van der Waals surface area contributed by atoms with Crippen LogP contribution < -0.4 is 21.3 Å². The fraction of sp³-hybridized carbons (Fsp3) is 0.409. The summed E-state index contributed by atoms with van der Waals surface area (Å²) in [7, 11) is 0. The van der Waals surface area contributed by atoms with Crippen LogP contribution in [0.3, 0.4) is 0 Å². The van der Waals surface area contributed by atoms with E-state index < -0.39 is 5.91 Å². The van der Waals surface area contributed by atoms with Crippen LogP contribution >= 0.6 is 0 Å². The van der Waals surface area contributed by atoms with Gasteiger partial charge in [0, 0.05) is 24.8 Å². The van der Waals surface area contributed by atoms with Gasteiger partial charge < -0.3 is 21.3 Å². The van der Waals surface area contributed by atoms with Crippen molar-refractivity contribution in [3.05, 3.63) is 48.2 Å². The summed E-state index contributed by atoms with van der Waals surface area (Å²) >= 11 is 0. The van der Waals surface area contributed by atoms with Gasteiger partial charge in [-0.3, -0.25) is 9.59 Å². The van der Waals surface area contributed by atoms with E-state index in [1.807, 2.05) is 29.2 Å². The number of aromatic nitrogens is 3. The Morgan fingerprint density at radius 1 is 1.26 bits per heavy atom. The van der Waals surface area contributed by atoms with Gasteiger partial charge in [0.25, 0.3) is 5.91 Å². The number of carbonyl (C=O) groups is 2. The first kappa shape index (κ1) is 22.2. The van der Waals surface area contributed by atoms with Crippen molar-refractivity contribution in [2.75, 3.05) is 23.3 Å². The molecule has 1 aliphatic rings. The molecule has 0 saturated carbocycles. The Labute approximate surface area is 182 Å². The molecule has 2 aromatic rings. The highest BCUT2D eigenvalue weighted by atomic mass is 16.1. The zero-order valence-electron chi connectivity index (χ0n) is 18.0. The Kier molecular flexibility index (Phi) is 7.17. The smallest absolute Gasteiger partial charge is 0.273 e. The van der Waals surface area contributed by atoms with E-state index in [0.29, 0.717) is 18.4 Å². The van der Waals surface area contributed by atoms with Crippen molar-refractivity contribution in [3.8, 4) is 0 Å². The summed E-state index contributed by atoms with van der Waals surface area (Å²) in [4.78, 5) is 30.1.